The van der Waals surface area contributed by atoms with Crippen LogP contribution in [0.15, 0.2) is 23.3 Å². The van der Waals surface area contributed by atoms with Crippen molar-refractivity contribution in [3.05, 3.63) is 23.8 Å². The van der Waals surface area contributed by atoms with Crippen molar-refractivity contribution in [1.82, 2.24) is 5.01 Å². The summed E-state index contributed by atoms with van der Waals surface area (Å²) in [7, 11) is 3.64. The normalized spacial score (nSPS) is 10.6. The Bertz CT molecular complexity index is 348. The largest absolute Gasteiger partial charge is 0.504 e. The van der Waals surface area contributed by atoms with Crippen LogP contribution in [-0.2, 0) is 0 Å². The maximum atomic E-state index is 9.80. The molecule has 15 heavy (non-hydrogen) atoms. The van der Waals surface area contributed by atoms with E-state index in [-0.39, 0.29) is 5.75 Å². The molecular weight excluding hydrogens is 192 g/mol. The molecule has 0 aromatic heterocycles. The van der Waals surface area contributed by atoms with E-state index in [1.165, 1.54) is 0 Å². The van der Waals surface area contributed by atoms with Gasteiger partial charge in [-0.05, 0) is 19.1 Å². The van der Waals surface area contributed by atoms with Crippen molar-refractivity contribution in [2.75, 3.05) is 20.7 Å². The number of hydrogen-bond acceptors (Lipinski definition) is 4. The zero-order chi connectivity index (χ0) is 11.3. The number of ether oxygens (including phenoxy) is 1. The molecule has 0 fully saturated rings. The first-order valence-electron chi connectivity index (χ1n) is 4.81. The fourth-order valence-corrected chi connectivity index (χ4v) is 1.09. The first-order valence-corrected chi connectivity index (χ1v) is 4.81. The van der Waals surface area contributed by atoms with Gasteiger partial charge in [-0.3, -0.25) is 0 Å². The average molecular weight is 208 g/mol. The number of hydrazone groups is 1. The lowest BCUT2D eigenvalue weighted by Gasteiger charge is -2.08. The van der Waals surface area contributed by atoms with Gasteiger partial charge in [-0.2, -0.15) is 5.10 Å². The zero-order valence-corrected chi connectivity index (χ0v) is 9.27. The minimum Gasteiger partial charge on any atom is -0.504 e. The van der Waals surface area contributed by atoms with Crippen molar-refractivity contribution < 1.29 is 9.84 Å². The molecule has 1 rings (SSSR count). The average Bonchev–Trinajstić information content (AvgIpc) is 2.19. The summed E-state index contributed by atoms with van der Waals surface area (Å²) in [6.07, 6.45) is 1.60. The molecule has 1 N–H and O–H groups in total. The Kier molecular flexibility index (Phi) is 3.97. The van der Waals surface area contributed by atoms with Crippen LogP contribution < -0.4 is 4.74 Å². The summed E-state index contributed by atoms with van der Waals surface area (Å²) in [5, 5.41) is 15.5. The molecule has 0 unspecified atom stereocenters. The van der Waals surface area contributed by atoms with E-state index in [0.29, 0.717) is 17.9 Å². The van der Waals surface area contributed by atoms with Crippen LogP contribution in [-0.4, -0.2) is 37.0 Å². The number of aromatic hydroxyl groups is 1. The van der Waals surface area contributed by atoms with Crippen molar-refractivity contribution >= 4 is 6.21 Å². The van der Waals surface area contributed by atoms with Gasteiger partial charge in [0, 0.05) is 19.7 Å². The van der Waals surface area contributed by atoms with Gasteiger partial charge in [0.15, 0.2) is 11.5 Å². The Labute approximate surface area is 89.8 Å². The molecule has 0 bridgehead atoms. The third-order valence-corrected chi connectivity index (χ3v) is 1.76. The number of nitrogens with zero attached hydrogens (tertiary/aromatic N) is 2. The van der Waals surface area contributed by atoms with Crippen molar-refractivity contribution in [3.8, 4) is 11.5 Å². The van der Waals surface area contributed by atoms with Crippen LogP contribution in [0, 0.1) is 0 Å². The predicted octanol–water partition coefficient (Wildman–Crippen LogP) is 1.69. The molecule has 0 saturated carbocycles. The molecule has 4 nitrogen and oxygen atoms in total. The van der Waals surface area contributed by atoms with Gasteiger partial charge in [-0.25, -0.2) is 0 Å². The van der Waals surface area contributed by atoms with Crippen molar-refractivity contribution in [2.45, 2.75) is 6.92 Å². The van der Waals surface area contributed by atoms with Gasteiger partial charge in [-0.1, -0.05) is 6.07 Å². The monoisotopic (exact) mass is 208 g/mol. The molecule has 1 aromatic rings. The maximum absolute atomic E-state index is 9.80. The molecule has 0 aliphatic carbocycles. The van der Waals surface area contributed by atoms with E-state index in [1.54, 1.807) is 23.4 Å². The molecule has 0 spiro atoms. The minimum absolute atomic E-state index is 0.130. The van der Waals surface area contributed by atoms with Crippen LogP contribution in [0.4, 0.5) is 0 Å². The Morgan fingerprint density at radius 1 is 1.47 bits per heavy atom. The van der Waals surface area contributed by atoms with E-state index in [0.717, 1.165) is 0 Å². The Morgan fingerprint density at radius 3 is 2.80 bits per heavy atom. The maximum Gasteiger partial charge on any atom is 0.166 e. The number of para-hydroxylation sites is 1. The van der Waals surface area contributed by atoms with E-state index in [1.807, 2.05) is 27.1 Å². The third-order valence-electron chi connectivity index (χ3n) is 1.76. The number of phenolic OH excluding ortho intramolecular Hbond substituents is 1. The van der Waals surface area contributed by atoms with Crippen LogP contribution in [0.2, 0.25) is 0 Å². The van der Waals surface area contributed by atoms with Crippen molar-refractivity contribution in [3.63, 3.8) is 0 Å². The molecule has 0 heterocycles. The number of rotatable bonds is 4. The van der Waals surface area contributed by atoms with Gasteiger partial charge in [0.1, 0.15) is 0 Å². The van der Waals surface area contributed by atoms with Gasteiger partial charge in [0.25, 0.3) is 0 Å². The smallest absolute Gasteiger partial charge is 0.166 e. The lowest BCUT2D eigenvalue weighted by Crippen LogP contribution is -2.02. The summed E-state index contributed by atoms with van der Waals surface area (Å²) in [6.45, 7) is 2.40. The number of benzene rings is 1. The van der Waals surface area contributed by atoms with Crippen LogP contribution >= 0.6 is 0 Å². The highest BCUT2D eigenvalue weighted by molar-refractivity contribution is 5.84. The minimum atomic E-state index is 0.130. The van der Waals surface area contributed by atoms with E-state index in [4.69, 9.17) is 4.74 Å². The van der Waals surface area contributed by atoms with Crippen LogP contribution in [0.3, 0.4) is 0 Å². The van der Waals surface area contributed by atoms with E-state index in [2.05, 4.69) is 5.10 Å². The molecular formula is C11H16N2O2. The molecule has 82 valence electrons. The Morgan fingerprint density at radius 2 is 2.20 bits per heavy atom. The summed E-state index contributed by atoms with van der Waals surface area (Å²) >= 11 is 0. The van der Waals surface area contributed by atoms with Crippen molar-refractivity contribution in [1.29, 1.82) is 0 Å². The molecule has 0 amide bonds. The van der Waals surface area contributed by atoms with Gasteiger partial charge in [0.2, 0.25) is 0 Å². The summed E-state index contributed by atoms with van der Waals surface area (Å²) in [6, 6.07) is 5.33. The second-order valence-electron chi connectivity index (χ2n) is 3.22. The number of hydrogen-bond donors (Lipinski definition) is 1. The van der Waals surface area contributed by atoms with Crippen LogP contribution in [0.25, 0.3) is 0 Å². The lowest BCUT2D eigenvalue weighted by atomic mass is 10.2. The fourth-order valence-electron chi connectivity index (χ4n) is 1.09. The zero-order valence-electron chi connectivity index (χ0n) is 9.27. The van der Waals surface area contributed by atoms with E-state index in [9.17, 15) is 5.11 Å². The molecule has 0 atom stereocenters. The van der Waals surface area contributed by atoms with Gasteiger partial charge in [0.05, 0.1) is 12.8 Å². The summed E-state index contributed by atoms with van der Waals surface area (Å²) in [4.78, 5) is 0. The van der Waals surface area contributed by atoms with Gasteiger partial charge >= 0.3 is 0 Å². The molecule has 4 heteroatoms. The molecule has 0 saturated heterocycles. The summed E-state index contributed by atoms with van der Waals surface area (Å²) < 4.78 is 5.26. The predicted molar refractivity (Wildman–Crippen MR) is 60.6 cm³/mol. The van der Waals surface area contributed by atoms with Crippen LogP contribution in [0.1, 0.15) is 12.5 Å². The summed E-state index contributed by atoms with van der Waals surface area (Å²) in [5.74, 6) is 0.616. The van der Waals surface area contributed by atoms with E-state index >= 15 is 0 Å². The first-order chi connectivity index (χ1) is 7.15. The SMILES string of the molecule is CCOc1cccc(/C=N\N(C)C)c1O. The lowest BCUT2D eigenvalue weighted by molar-refractivity contribution is 0.318. The van der Waals surface area contributed by atoms with Crippen LogP contribution in [0.5, 0.6) is 11.5 Å². The Balaban J connectivity index is 2.94. The van der Waals surface area contributed by atoms with Crippen molar-refractivity contribution in [2.24, 2.45) is 5.10 Å². The highest BCUT2D eigenvalue weighted by Gasteiger charge is 2.05. The highest BCUT2D eigenvalue weighted by Crippen LogP contribution is 2.28. The van der Waals surface area contributed by atoms with Gasteiger partial charge in [-0.15, -0.1) is 0 Å². The second kappa shape index (κ2) is 5.24. The highest BCUT2D eigenvalue weighted by atomic mass is 16.5. The van der Waals surface area contributed by atoms with Gasteiger partial charge < -0.3 is 14.9 Å². The molecule has 0 radical (unpaired) electrons. The fraction of sp³-hybridized carbons (Fsp3) is 0.364. The topological polar surface area (TPSA) is 45.1 Å². The Hall–Kier alpha value is -1.71. The quantitative estimate of drug-likeness (QED) is 0.605. The standard InChI is InChI=1S/C11H16N2O2/c1-4-15-10-7-5-6-9(11(10)14)8-12-13(2)3/h5-8,14H,4H2,1-3H3/b12-8-. The second-order valence-corrected chi connectivity index (χ2v) is 3.22. The number of phenols is 1. The molecule has 1 aromatic carbocycles. The molecule has 0 aliphatic rings. The first kappa shape index (κ1) is 11.4. The molecule has 0 aliphatic heterocycles. The third kappa shape index (κ3) is 3.16. The summed E-state index contributed by atoms with van der Waals surface area (Å²) in [5.41, 5.74) is 0.648. The van der Waals surface area contributed by atoms with E-state index < -0.39 is 0 Å².